The molecule has 1 aromatic rings. The second-order valence-electron chi connectivity index (χ2n) is 5.32. The molecule has 1 saturated carbocycles. The van der Waals surface area contributed by atoms with Crippen LogP contribution in [0, 0.1) is 12.8 Å². The summed E-state index contributed by atoms with van der Waals surface area (Å²) < 4.78 is 5.14. The second-order valence-corrected chi connectivity index (χ2v) is 5.88. The first kappa shape index (κ1) is 13.6. The van der Waals surface area contributed by atoms with Crippen molar-refractivity contribution in [2.45, 2.75) is 45.1 Å². The van der Waals surface area contributed by atoms with Gasteiger partial charge in [-0.15, -0.1) is 0 Å². The van der Waals surface area contributed by atoms with Crippen molar-refractivity contribution in [1.82, 2.24) is 10.3 Å². The van der Waals surface area contributed by atoms with Crippen molar-refractivity contribution in [3.05, 3.63) is 17.8 Å². The quantitative estimate of drug-likeness (QED) is 0.872. The molecule has 0 spiro atoms. The lowest BCUT2D eigenvalue weighted by Crippen LogP contribution is -2.52. The molecule has 1 amide bonds. The third-order valence-electron chi connectivity index (χ3n) is 3.82. The minimum absolute atomic E-state index is 0.136. The Kier molecular flexibility index (Phi) is 4.10. The molecule has 2 rings (SSSR count). The van der Waals surface area contributed by atoms with Crippen LogP contribution in [0.15, 0.2) is 10.8 Å². The second kappa shape index (κ2) is 5.43. The maximum Gasteiger partial charge on any atom is 0.289 e. The zero-order valence-electron chi connectivity index (χ0n) is 10.8. The number of hydrogen-bond acceptors (Lipinski definition) is 3. The Labute approximate surface area is 116 Å². The van der Waals surface area contributed by atoms with Crippen molar-refractivity contribution in [2.75, 3.05) is 5.33 Å². The Balaban J connectivity index is 2.07. The molecular weight excluding hydrogens is 296 g/mol. The fraction of sp³-hybridized carbons (Fsp3) is 0.692. The van der Waals surface area contributed by atoms with Gasteiger partial charge in [0.15, 0.2) is 6.39 Å². The fourth-order valence-corrected chi connectivity index (χ4v) is 3.13. The topological polar surface area (TPSA) is 55.1 Å². The number of amides is 1. The van der Waals surface area contributed by atoms with Crippen LogP contribution in [0.25, 0.3) is 0 Å². The van der Waals surface area contributed by atoms with Crippen LogP contribution in [0.2, 0.25) is 0 Å². The Bertz CT molecular complexity index is 422. The van der Waals surface area contributed by atoms with Gasteiger partial charge >= 0.3 is 0 Å². The molecule has 1 N–H and O–H groups in total. The van der Waals surface area contributed by atoms with E-state index in [9.17, 15) is 4.79 Å². The van der Waals surface area contributed by atoms with Crippen molar-refractivity contribution in [1.29, 1.82) is 0 Å². The number of carbonyl (C=O) groups is 1. The van der Waals surface area contributed by atoms with Crippen LogP contribution in [-0.2, 0) is 0 Å². The molecule has 1 aliphatic rings. The third kappa shape index (κ3) is 2.76. The molecule has 0 atom stereocenters. The number of nitrogens with zero attached hydrogens (tertiary/aromatic N) is 1. The van der Waals surface area contributed by atoms with Crippen LogP contribution in [0.4, 0.5) is 0 Å². The number of nitrogens with one attached hydrogen (secondary N) is 1. The van der Waals surface area contributed by atoms with Crippen LogP contribution in [0.1, 0.15) is 48.9 Å². The van der Waals surface area contributed by atoms with Crippen molar-refractivity contribution in [3.8, 4) is 0 Å². The number of oxazole rings is 1. The van der Waals surface area contributed by atoms with Crippen molar-refractivity contribution >= 4 is 21.8 Å². The average molecular weight is 315 g/mol. The number of aromatic nitrogens is 1. The summed E-state index contributed by atoms with van der Waals surface area (Å²) >= 11 is 3.54. The van der Waals surface area contributed by atoms with Crippen molar-refractivity contribution in [3.63, 3.8) is 0 Å². The molecule has 0 aliphatic heterocycles. The van der Waals surface area contributed by atoms with E-state index >= 15 is 0 Å². The summed E-state index contributed by atoms with van der Waals surface area (Å²) in [5, 5.41) is 3.91. The number of hydrogen-bond donors (Lipinski definition) is 1. The monoisotopic (exact) mass is 314 g/mol. The molecule has 1 heterocycles. The van der Waals surface area contributed by atoms with Crippen LogP contribution >= 0.6 is 15.9 Å². The molecule has 0 radical (unpaired) electrons. The standard InChI is InChI=1S/C13H19BrN2O2/c1-9-3-5-13(7-14,6-4-9)16-12(17)11-10(2)15-8-18-11/h8-9H,3-7H2,1-2H3,(H,16,17). The highest BCUT2D eigenvalue weighted by molar-refractivity contribution is 9.09. The Hall–Kier alpha value is -0.840. The van der Waals surface area contributed by atoms with E-state index in [0.717, 1.165) is 36.9 Å². The van der Waals surface area contributed by atoms with E-state index in [2.05, 4.69) is 33.2 Å². The van der Waals surface area contributed by atoms with Gasteiger partial charge in [0.2, 0.25) is 5.76 Å². The molecule has 4 nitrogen and oxygen atoms in total. The van der Waals surface area contributed by atoms with Gasteiger partial charge in [-0.05, 0) is 38.5 Å². The minimum atomic E-state index is -0.154. The number of rotatable bonds is 3. The minimum Gasteiger partial charge on any atom is -0.438 e. The lowest BCUT2D eigenvalue weighted by atomic mass is 9.78. The zero-order valence-corrected chi connectivity index (χ0v) is 12.4. The van der Waals surface area contributed by atoms with Crippen LogP contribution in [0.5, 0.6) is 0 Å². The zero-order chi connectivity index (χ0) is 13.2. The van der Waals surface area contributed by atoms with Crippen molar-refractivity contribution < 1.29 is 9.21 Å². The van der Waals surface area contributed by atoms with E-state index in [1.54, 1.807) is 6.92 Å². The highest BCUT2D eigenvalue weighted by Crippen LogP contribution is 2.33. The Morgan fingerprint density at radius 3 is 2.78 bits per heavy atom. The van der Waals surface area contributed by atoms with Gasteiger partial charge in [0.1, 0.15) is 0 Å². The number of aryl methyl sites for hydroxylation is 1. The predicted octanol–water partition coefficient (Wildman–Crippen LogP) is 3.06. The van der Waals surface area contributed by atoms with E-state index in [4.69, 9.17) is 4.42 Å². The summed E-state index contributed by atoms with van der Waals surface area (Å²) in [6.07, 6.45) is 5.65. The van der Waals surface area contributed by atoms with E-state index in [1.165, 1.54) is 6.39 Å². The summed E-state index contributed by atoms with van der Waals surface area (Å²) in [5.41, 5.74) is 0.504. The van der Waals surface area contributed by atoms with Crippen LogP contribution in [0.3, 0.4) is 0 Å². The van der Waals surface area contributed by atoms with Gasteiger partial charge in [-0.1, -0.05) is 22.9 Å². The maximum atomic E-state index is 12.2. The molecule has 18 heavy (non-hydrogen) atoms. The fourth-order valence-electron chi connectivity index (χ4n) is 2.42. The van der Waals surface area contributed by atoms with E-state index in [1.807, 2.05) is 0 Å². The molecule has 1 aliphatic carbocycles. The van der Waals surface area contributed by atoms with Gasteiger partial charge in [0, 0.05) is 5.33 Å². The number of carbonyl (C=O) groups excluding carboxylic acids is 1. The first-order valence-electron chi connectivity index (χ1n) is 6.35. The van der Waals surface area contributed by atoms with E-state index in [-0.39, 0.29) is 11.4 Å². The van der Waals surface area contributed by atoms with Gasteiger partial charge in [0.25, 0.3) is 5.91 Å². The van der Waals surface area contributed by atoms with Crippen molar-refractivity contribution in [2.24, 2.45) is 5.92 Å². The van der Waals surface area contributed by atoms with Gasteiger partial charge < -0.3 is 9.73 Å². The summed E-state index contributed by atoms with van der Waals surface area (Å²) in [6, 6.07) is 0. The lowest BCUT2D eigenvalue weighted by molar-refractivity contribution is 0.0845. The molecule has 0 aromatic carbocycles. The predicted molar refractivity (Wildman–Crippen MR) is 72.9 cm³/mol. The average Bonchev–Trinajstić information content (AvgIpc) is 2.79. The first-order valence-corrected chi connectivity index (χ1v) is 7.47. The Morgan fingerprint density at radius 1 is 1.61 bits per heavy atom. The molecule has 0 unspecified atom stereocenters. The third-order valence-corrected chi connectivity index (χ3v) is 4.89. The smallest absolute Gasteiger partial charge is 0.289 e. The largest absolute Gasteiger partial charge is 0.438 e. The van der Waals surface area contributed by atoms with Gasteiger partial charge in [-0.2, -0.15) is 0 Å². The SMILES string of the molecule is Cc1ncoc1C(=O)NC1(CBr)CCC(C)CC1. The number of alkyl halides is 1. The van der Waals surface area contributed by atoms with E-state index in [0.29, 0.717) is 11.5 Å². The summed E-state index contributed by atoms with van der Waals surface area (Å²) in [7, 11) is 0. The highest BCUT2D eigenvalue weighted by atomic mass is 79.9. The van der Waals surface area contributed by atoms with E-state index < -0.39 is 0 Å². The summed E-state index contributed by atoms with van der Waals surface area (Å²) in [4.78, 5) is 16.1. The normalized spacial score (nSPS) is 28.1. The first-order chi connectivity index (χ1) is 8.56. The summed E-state index contributed by atoms with van der Waals surface area (Å²) in [5.74, 6) is 0.925. The van der Waals surface area contributed by atoms with Gasteiger partial charge in [0.05, 0.1) is 11.2 Å². The highest BCUT2D eigenvalue weighted by Gasteiger charge is 2.35. The summed E-state index contributed by atoms with van der Waals surface area (Å²) in [6.45, 7) is 4.04. The van der Waals surface area contributed by atoms with Crippen LogP contribution in [-0.4, -0.2) is 21.8 Å². The maximum absolute atomic E-state index is 12.2. The number of halogens is 1. The molecule has 1 aromatic heterocycles. The van der Waals surface area contributed by atoms with Gasteiger partial charge in [-0.25, -0.2) is 4.98 Å². The molecule has 1 fully saturated rings. The molecule has 0 bridgehead atoms. The van der Waals surface area contributed by atoms with Crippen LogP contribution < -0.4 is 5.32 Å². The Morgan fingerprint density at radius 2 is 2.28 bits per heavy atom. The molecule has 100 valence electrons. The molecular formula is C13H19BrN2O2. The lowest BCUT2D eigenvalue weighted by Gasteiger charge is -2.38. The molecule has 5 heteroatoms. The van der Waals surface area contributed by atoms with Gasteiger partial charge in [-0.3, -0.25) is 4.79 Å². The molecule has 0 saturated heterocycles.